The molecule has 0 bridgehead atoms. The Kier molecular flexibility index (Phi) is 14.6. The van der Waals surface area contributed by atoms with Crippen molar-refractivity contribution in [3.63, 3.8) is 0 Å². The van der Waals surface area contributed by atoms with Gasteiger partial charge < -0.3 is 9.29 Å². The van der Waals surface area contributed by atoms with Gasteiger partial charge in [-0.3, -0.25) is 0 Å². The number of rotatable bonds is 4. The molecule has 226 valence electrons. The van der Waals surface area contributed by atoms with Gasteiger partial charge in [0.2, 0.25) is 0 Å². The minimum Gasteiger partial charge on any atom is -0.449 e. The van der Waals surface area contributed by atoms with E-state index in [0.29, 0.717) is 29.1 Å². The van der Waals surface area contributed by atoms with Crippen molar-refractivity contribution in [2.24, 2.45) is 28.6 Å². The molecule has 1 saturated carbocycles. The predicted octanol–water partition coefficient (Wildman–Crippen LogP) is 11.0. The van der Waals surface area contributed by atoms with E-state index in [2.05, 4.69) is 99.9 Å². The highest BCUT2D eigenvalue weighted by atomic mass is 32.3. The third kappa shape index (κ3) is 9.46. The molecule has 1 aromatic carbocycles. The number of aliphatic hydroxyl groups is 1. The lowest BCUT2D eigenvalue weighted by atomic mass is 9.50. The van der Waals surface area contributed by atoms with E-state index >= 15 is 0 Å². The molecule has 1 N–H and O–H groups in total. The molecule has 0 radical (unpaired) electrons. The number of fused-ring (bicyclic) bond motifs is 3. The summed E-state index contributed by atoms with van der Waals surface area (Å²) in [5.74, 6) is 3.54. The van der Waals surface area contributed by atoms with Crippen LogP contribution in [0.25, 0.3) is 0 Å². The first kappa shape index (κ1) is 37.3. The molecule has 0 amide bonds. The van der Waals surface area contributed by atoms with E-state index in [-0.39, 0.29) is 16.3 Å². The first-order valence-electron chi connectivity index (χ1n) is 15.5. The second-order valence-electron chi connectivity index (χ2n) is 14.4. The molecule has 0 saturated heterocycles. The van der Waals surface area contributed by atoms with E-state index < -0.39 is 10.3 Å². The number of aliphatic hydroxyl groups excluding tert-OH is 1. The average molecular weight is 553 g/mol. The average Bonchev–Trinajstić information content (AvgIpc) is 2.79. The van der Waals surface area contributed by atoms with Crippen LogP contribution in [0.3, 0.4) is 0 Å². The van der Waals surface area contributed by atoms with E-state index in [9.17, 15) is 5.11 Å². The van der Waals surface area contributed by atoms with Crippen LogP contribution in [0, 0.1) is 28.6 Å². The van der Waals surface area contributed by atoms with Crippen LogP contribution in [0.4, 0.5) is 0 Å². The van der Waals surface area contributed by atoms with E-state index in [1.165, 1.54) is 12.0 Å². The van der Waals surface area contributed by atoms with Crippen molar-refractivity contribution in [3.8, 4) is 5.75 Å². The Hall–Kier alpha value is -0.670. The molecule has 6 unspecified atom stereocenters. The van der Waals surface area contributed by atoms with Crippen molar-refractivity contribution in [2.45, 2.75) is 146 Å². The van der Waals surface area contributed by atoms with Crippen LogP contribution in [-0.2, 0) is 6.42 Å². The SMILES string of the molecule is CC.CC.CC(C)(C)C.CCC1C2CCc3cc(OS(C)(C)C(C)(C)C)ccc3C2C(C)CC1(C)C(C)O. The normalized spacial score (nSPS) is 27.9. The molecular formula is C35H68O2S. The minimum atomic E-state index is -1.18. The van der Waals surface area contributed by atoms with Crippen LogP contribution < -0.4 is 4.18 Å². The molecule has 2 aliphatic carbocycles. The van der Waals surface area contributed by atoms with Gasteiger partial charge in [-0.2, -0.15) is 0 Å². The van der Waals surface area contributed by atoms with Crippen LogP contribution in [-0.4, -0.2) is 28.5 Å². The first-order chi connectivity index (χ1) is 17.3. The Bertz CT molecular complexity index is 808. The van der Waals surface area contributed by atoms with Crippen molar-refractivity contribution < 1.29 is 9.29 Å². The third-order valence-corrected chi connectivity index (χ3v) is 12.2. The predicted molar refractivity (Wildman–Crippen MR) is 176 cm³/mol. The van der Waals surface area contributed by atoms with E-state index in [1.54, 1.807) is 5.56 Å². The summed E-state index contributed by atoms with van der Waals surface area (Å²) in [6, 6.07) is 6.92. The standard InChI is InChI=1S/C26H44O2S.C5H12.2C2H6/c1-10-23-22-13-11-19-15-20(28-29(8,9)25(4,5)6)12-14-21(19)24(22)17(2)16-26(23,7)18(3)27;1-5(2,3)4;2*1-2/h12,14-15,17-18,22-24,27H,10-11,13,16H2,1-9H3;1-4H3;2*1-2H3. The number of hydrogen-bond donors (Lipinski definition) is 1. The molecule has 0 aliphatic heterocycles. The van der Waals surface area contributed by atoms with Crippen molar-refractivity contribution in [1.29, 1.82) is 0 Å². The summed E-state index contributed by atoms with van der Waals surface area (Å²) in [6.07, 6.45) is 8.96. The van der Waals surface area contributed by atoms with Crippen molar-refractivity contribution >= 4 is 10.3 Å². The number of hydrogen-bond acceptors (Lipinski definition) is 2. The van der Waals surface area contributed by atoms with Crippen LogP contribution in [0.5, 0.6) is 5.75 Å². The third-order valence-electron chi connectivity index (χ3n) is 8.59. The maximum Gasteiger partial charge on any atom is 0.135 e. The van der Waals surface area contributed by atoms with Gasteiger partial charge >= 0.3 is 0 Å². The number of benzene rings is 1. The summed E-state index contributed by atoms with van der Waals surface area (Å²) in [7, 11) is -1.18. The fourth-order valence-electron chi connectivity index (χ4n) is 6.16. The summed E-state index contributed by atoms with van der Waals surface area (Å²) >= 11 is 0. The summed E-state index contributed by atoms with van der Waals surface area (Å²) in [6.45, 7) is 32.7. The zero-order chi connectivity index (χ0) is 30.3. The molecule has 1 fully saturated rings. The molecule has 2 aliphatic rings. The monoisotopic (exact) mass is 552 g/mol. The minimum absolute atomic E-state index is 0.0377. The highest BCUT2D eigenvalue weighted by Gasteiger charge is 2.52. The van der Waals surface area contributed by atoms with Crippen LogP contribution >= 0.6 is 10.3 Å². The van der Waals surface area contributed by atoms with Gasteiger partial charge in [-0.15, -0.1) is 0 Å². The zero-order valence-electron chi connectivity index (χ0n) is 28.7. The first-order valence-corrected chi connectivity index (χ1v) is 17.9. The maximum atomic E-state index is 10.6. The van der Waals surface area contributed by atoms with E-state index in [4.69, 9.17) is 4.18 Å². The Labute approximate surface area is 241 Å². The van der Waals surface area contributed by atoms with Crippen LogP contribution in [0.2, 0.25) is 0 Å². The summed E-state index contributed by atoms with van der Waals surface area (Å²) in [5.41, 5.74) is 3.58. The zero-order valence-corrected chi connectivity index (χ0v) is 29.5. The summed E-state index contributed by atoms with van der Waals surface area (Å²) in [5, 5.41) is 10.6. The molecule has 0 heterocycles. The molecule has 1 aromatic rings. The highest BCUT2D eigenvalue weighted by Crippen LogP contribution is 2.60. The van der Waals surface area contributed by atoms with E-state index in [0.717, 1.165) is 25.0 Å². The Morgan fingerprint density at radius 2 is 1.53 bits per heavy atom. The van der Waals surface area contributed by atoms with Crippen molar-refractivity contribution in [2.75, 3.05) is 12.5 Å². The Morgan fingerprint density at radius 3 is 1.95 bits per heavy atom. The lowest BCUT2D eigenvalue weighted by molar-refractivity contribution is -0.0800. The Balaban J connectivity index is 0.00000134. The molecular weight excluding hydrogens is 484 g/mol. The van der Waals surface area contributed by atoms with Gasteiger partial charge in [0, 0.05) is 4.75 Å². The van der Waals surface area contributed by atoms with Crippen molar-refractivity contribution in [1.82, 2.24) is 0 Å². The highest BCUT2D eigenvalue weighted by molar-refractivity contribution is 8.30. The lowest BCUT2D eigenvalue weighted by Crippen LogP contribution is -2.50. The maximum absolute atomic E-state index is 10.6. The van der Waals surface area contributed by atoms with Gasteiger partial charge in [0.25, 0.3) is 0 Å². The second-order valence-corrected chi connectivity index (χ2v) is 18.3. The Morgan fingerprint density at radius 1 is 1.03 bits per heavy atom. The molecule has 3 heteroatoms. The van der Waals surface area contributed by atoms with Crippen LogP contribution in [0.1, 0.15) is 140 Å². The molecule has 2 nitrogen and oxygen atoms in total. The van der Waals surface area contributed by atoms with Crippen molar-refractivity contribution in [3.05, 3.63) is 29.3 Å². The van der Waals surface area contributed by atoms with Crippen LogP contribution in [0.15, 0.2) is 18.2 Å². The van der Waals surface area contributed by atoms with Gasteiger partial charge in [-0.05, 0) is 117 Å². The molecule has 0 aromatic heterocycles. The topological polar surface area (TPSA) is 29.5 Å². The quantitative estimate of drug-likeness (QED) is 0.402. The van der Waals surface area contributed by atoms with E-state index in [1.807, 2.05) is 34.6 Å². The number of aryl methyl sites for hydroxylation is 1. The molecule has 6 atom stereocenters. The molecule has 0 spiro atoms. The largest absolute Gasteiger partial charge is 0.449 e. The second kappa shape index (κ2) is 14.8. The van der Waals surface area contributed by atoms with Gasteiger partial charge in [-0.25, -0.2) is 0 Å². The van der Waals surface area contributed by atoms with Gasteiger partial charge in [0.1, 0.15) is 5.75 Å². The molecule has 38 heavy (non-hydrogen) atoms. The summed E-state index contributed by atoms with van der Waals surface area (Å²) in [4.78, 5) is 0. The van der Waals surface area contributed by atoms with Gasteiger partial charge in [-0.1, -0.05) is 99.0 Å². The fraction of sp³-hybridized carbons (Fsp3) is 0.829. The summed E-state index contributed by atoms with van der Waals surface area (Å²) < 4.78 is 6.71. The van der Waals surface area contributed by atoms with Gasteiger partial charge in [0.05, 0.1) is 6.10 Å². The smallest absolute Gasteiger partial charge is 0.135 e. The van der Waals surface area contributed by atoms with Gasteiger partial charge in [0.15, 0.2) is 0 Å². The lowest BCUT2D eigenvalue weighted by Gasteiger charge is -2.56. The molecule has 3 rings (SSSR count). The fourth-order valence-corrected chi connectivity index (χ4v) is 7.00.